The Balaban J connectivity index is 2.07. The van der Waals surface area contributed by atoms with Crippen LogP contribution in [0.3, 0.4) is 0 Å². The molecule has 3 heteroatoms. The second-order valence-corrected chi connectivity index (χ2v) is 5.79. The van der Waals surface area contributed by atoms with Gasteiger partial charge >= 0.3 is 0 Å². The Hall–Kier alpha value is -0.800. The molecule has 102 valence electrons. The van der Waals surface area contributed by atoms with Crippen LogP contribution < -0.4 is 5.32 Å². The minimum atomic E-state index is 0.198. The molecule has 0 radical (unpaired) electrons. The van der Waals surface area contributed by atoms with E-state index in [-0.39, 0.29) is 5.54 Å². The maximum atomic E-state index is 5.19. The number of likely N-dealkylation sites (tertiary alicyclic amines) is 1. The van der Waals surface area contributed by atoms with E-state index in [2.05, 4.69) is 37.1 Å². The van der Waals surface area contributed by atoms with Gasteiger partial charge in [-0.15, -0.1) is 0 Å². The number of nitrogens with zero attached hydrogens (tertiary/aromatic N) is 1. The van der Waals surface area contributed by atoms with Crippen molar-refractivity contribution in [3.05, 3.63) is 24.2 Å². The molecule has 3 nitrogen and oxygen atoms in total. The Morgan fingerprint density at radius 2 is 2.11 bits per heavy atom. The predicted molar refractivity (Wildman–Crippen MR) is 74.8 cm³/mol. The van der Waals surface area contributed by atoms with Crippen LogP contribution in [0.4, 0.5) is 0 Å². The lowest BCUT2D eigenvalue weighted by atomic mass is 9.88. The minimum Gasteiger partial charge on any atom is -0.472 e. The van der Waals surface area contributed by atoms with E-state index < -0.39 is 0 Å². The molecule has 1 N–H and O–H groups in total. The highest BCUT2D eigenvalue weighted by Crippen LogP contribution is 2.26. The highest BCUT2D eigenvalue weighted by molar-refractivity contribution is 5.11. The highest BCUT2D eigenvalue weighted by atomic mass is 16.3. The molecule has 1 fully saturated rings. The van der Waals surface area contributed by atoms with Crippen molar-refractivity contribution in [2.45, 2.75) is 51.6 Å². The third-order valence-electron chi connectivity index (χ3n) is 4.24. The van der Waals surface area contributed by atoms with E-state index in [0.717, 1.165) is 13.0 Å². The zero-order chi connectivity index (χ0) is 13.0. The molecule has 0 aliphatic carbocycles. The van der Waals surface area contributed by atoms with Crippen LogP contribution in [0, 0.1) is 0 Å². The molecule has 0 aromatic carbocycles. The van der Waals surface area contributed by atoms with E-state index in [0.29, 0.717) is 6.04 Å². The van der Waals surface area contributed by atoms with Gasteiger partial charge in [-0.2, -0.15) is 0 Å². The van der Waals surface area contributed by atoms with E-state index in [1.165, 1.54) is 31.5 Å². The summed E-state index contributed by atoms with van der Waals surface area (Å²) in [6.45, 7) is 10.4. The molecule has 1 aromatic rings. The van der Waals surface area contributed by atoms with E-state index in [4.69, 9.17) is 4.42 Å². The largest absolute Gasteiger partial charge is 0.472 e. The predicted octanol–water partition coefficient (Wildman–Crippen LogP) is 2.67. The molecule has 2 heterocycles. The van der Waals surface area contributed by atoms with Crippen LogP contribution in [0.1, 0.15) is 39.2 Å². The van der Waals surface area contributed by atoms with Gasteiger partial charge in [0.05, 0.1) is 12.5 Å². The number of hydrogen-bond donors (Lipinski definition) is 1. The van der Waals surface area contributed by atoms with Crippen molar-refractivity contribution in [2.24, 2.45) is 0 Å². The standard InChI is InChI=1S/C15H26N2O/c1-4-16-14(11-13-7-10-18-12-13)15(2,3)17-8-5-6-9-17/h7,10,12,14,16H,4-6,8-9,11H2,1-3H3. The molecule has 1 saturated heterocycles. The minimum absolute atomic E-state index is 0.198. The van der Waals surface area contributed by atoms with Gasteiger partial charge in [0.25, 0.3) is 0 Å². The smallest absolute Gasteiger partial charge is 0.0935 e. The molecular formula is C15H26N2O. The summed E-state index contributed by atoms with van der Waals surface area (Å²) < 4.78 is 5.19. The summed E-state index contributed by atoms with van der Waals surface area (Å²) in [4.78, 5) is 2.63. The molecule has 0 amide bonds. The van der Waals surface area contributed by atoms with E-state index in [1.54, 1.807) is 6.26 Å². The van der Waals surface area contributed by atoms with E-state index in [1.807, 2.05) is 6.26 Å². The second-order valence-electron chi connectivity index (χ2n) is 5.79. The van der Waals surface area contributed by atoms with Gasteiger partial charge in [0, 0.05) is 11.6 Å². The van der Waals surface area contributed by atoms with Gasteiger partial charge < -0.3 is 9.73 Å². The number of hydrogen-bond acceptors (Lipinski definition) is 3. The van der Waals surface area contributed by atoms with Gasteiger partial charge in [-0.05, 0) is 64.4 Å². The fourth-order valence-corrected chi connectivity index (χ4v) is 2.98. The van der Waals surface area contributed by atoms with Crippen LogP contribution in [-0.4, -0.2) is 36.1 Å². The van der Waals surface area contributed by atoms with Crippen molar-refractivity contribution in [1.82, 2.24) is 10.2 Å². The Morgan fingerprint density at radius 3 is 2.67 bits per heavy atom. The highest BCUT2D eigenvalue weighted by Gasteiger charge is 2.36. The average molecular weight is 250 g/mol. The van der Waals surface area contributed by atoms with Crippen LogP contribution >= 0.6 is 0 Å². The summed E-state index contributed by atoms with van der Waals surface area (Å²) in [7, 11) is 0. The first kappa shape index (κ1) is 13.6. The Kier molecular flexibility index (Phi) is 4.46. The zero-order valence-electron chi connectivity index (χ0n) is 11.9. The SMILES string of the molecule is CCNC(Cc1ccoc1)C(C)(C)N1CCCC1. The number of furan rings is 1. The van der Waals surface area contributed by atoms with Crippen molar-refractivity contribution in [2.75, 3.05) is 19.6 Å². The van der Waals surface area contributed by atoms with Crippen molar-refractivity contribution in [1.29, 1.82) is 0 Å². The first-order valence-corrected chi connectivity index (χ1v) is 7.14. The molecule has 1 aliphatic rings. The molecule has 1 aliphatic heterocycles. The molecule has 0 bridgehead atoms. The van der Waals surface area contributed by atoms with Crippen LogP contribution in [-0.2, 0) is 6.42 Å². The first-order chi connectivity index (χ1) is 8.64. The fourth-order valence-electron chi connectivity index (χ4n) is 2.98. The van der Waals surface area contributed by atoms with Gasteiger partial charge in [-0.3, -0.25) is 4.90 Å². The number of nitrogens with one attached hydrogen (secondary N) is 1. The summed E-state index contributed by atoms with van der Waals surface area (Å²) in [5.41, 5.74) is 1.48. The lowest BCUT2D eigenvalue weighted by Crippen LogP contribution is -2.57. The van der Waals surface area contributed by atoms with Gasteiger partial charge in [0.1, 0.15) is 0 Å². The third kappa shape index (κ3) is 2.96. The second kappa shape index (κ2) is 5.89. The third-order valence-corrected chi connectivity index (χ3v) is 4.24. The molecular weight excluding hydrogens is 224 g/mol. The van der Waals surface area contributed by atoms with E-state index in [9.17, 15) is 0 Å². The van der Waals surface area contributed by atoms with Crippen molar-refractivity contribution in [3.8, 4) is 0 Å². The van der Waals surface area contributed by atoms with Gasteiger partial charge in [0.2, 0.25) is 0 Å². The molecule has 2 rings (SSSR count). The molecule has 1 aromatic heterocycles. The summed E-state index contributed by atoms with van der Waals surface area (Å²) >= 11 is 0. The summed E-state index contributed by atoms with van der Waals surface area (Å²) in [5, 5.41) is 3.65. The van der Waals surface area contributed by atoms with Crippen molar-refractivity contribution in [3.63, 3.8) is 0 Å². The molecule has 18 heavy (non-hydrogen) atoms. The van der Waals surface area contributed by atoms with Gasteiger partial charge in [-0.25, -0.2) is 0 Å². The quantitative estimate of drug-likeness (QED) is 0.841. The maximum Gasteiger partial charge on any atom is 0.0935 e. The number of likely N-dealkylation sites (N-methyl/N-ethyl adjacent to an activating group) is 1. The summed E-state index contributed by atoms with van der Waals surface area (Å²) in [5.74, 6) is 0. The van der Waals surface area contributed by atoms with Crippen molar-refractivity contribution < 1.29 is 4.42 Å². The van der Waals surface area contributed by atoms with Crippen LogP contribution in [0.2, 0.25) is 0 Å². The van der Waals surface area contributed by atoms with Crippen LogP contribution in [0.25, 0.3) is 0 Å². The lowest BCUT2D eigenvalue weighted by Gasteiger charge is -2.42. The lowest BCUT2D eigenvalue weighted by molar-refractivity contribution is 0.107. The van der Waals surface area contributed by atoms with Crippen LogP contribution in [0.5, 0.6) is 0 Å². The molecule has 1 atom stereocenters. The topological polar surface area (TPSA) is 28.4 Å². The van der Waals surface area contributed by atoms with E-state index >= 15 is 0 Å². The normalized spacial score (nSPS) is 19.3. The van der Waals surface area contributed by atoms with Crippen molar-refractivity contribution >= 4 is 0 Å². The Morgan fingerprint density at radius 1 is 1.39 bits per heavy atom. The first-order valence-electron chi connectivity index (χ1n) is 7.14. The number of rotatable bonds is 6. The summed E-state index contributed by atoms with van der Waals surface area (Å²) in [6, 6.07) is 2.54. The Labute approximate surface area is 111 Å². The van der Waals surface area contributed by atoms with Crippen LogP contribution in [0.15, 0.2) is 23.0 Å². The Bertz CT molecular complexity index is 339. The molecule has 0 spiro atoms. The average Bonchev–Trinajstić information content (AvgIpc) is 3.01. The monoisotopic (exact) mass is 250 g/mol. The van der Waals surface area contributed by atoms with Gasteiger partial charge in [0.15, 0.2) is 0 Å². The molecule has 0 saturated carbocycles. The molecule has 1 unspecified atom stereocenters. The fraction of sp³-hybridized carbons (Fsp3) is 0.733. The zero-order valence-corrected chi connectivity index (χ0v) is 11.9. The van der Waals surface area contributed by atoms with Gasteiger partial charge in [-0.1, -0.05) is 6.92 Å². The maximum absolute atomic E-state index is 5.19. The summed E-state index contributed by atoms with van der Waals surface area (Å²) in [6.07, 6.45) is 7.35.